The maximum Gasteiger partial charge on any atom is 0.253 e. The molecule has 0 unspecified atom stereocenters. The van der Waals surface area contributed by atoms with Crippen molar-refractivity contribution in [1.29, 1.82) is 0 Å². The fourth-order valence-electron chi connectivity index (χ4n) is 2.73. The first kappa shape index (κ1) is 16.8. The average Bonchev–Trinajstić information content (AvgIpc) is 2.50. The lowest BCUT2D eigenvalue weighted by Crippen LogP contribution is -2.39. The fraction of sp³-hybridized carbons (Fsp3) is 0.562. The van der Waals surface area contributed by atoms with Crippen molar-refractivity contribution in [2.24, 2.45) is 5.92 Å². The minimum atomic E-state index is 0.104. The summed E-state index contributed by atoms with van der Waals surface area (Å²) in [5, 5.41) is 4.00. The lowest BCUT2D eigenvalue weighted by Gasteiger charge is -2.30. The first-order chi connectivity index (χ1) is 10.1. The van der Waals surface area contributed by atoms with Gasteiger partial charge in [0.25, 0.3) is 5.91 Å². The highest BCUT2D eigenvalue weighted by Gasteiger charge is 2.21. The predicted octanol–water partition coefficient (Wildman–Crippen LogP) is 3.95. The molecule has 3 nitrogen and oxygen atoms in total. The molecule has 1 heterocycles. The first-order valence-electron chi connectivity index (χ1n) is 7.57. The molecule has 0 atom stereocenters. The lowest BCUT2D eigenvalue weighted by atomic mass is 9.97. The van der Waals surface area contributed by atoms with Crippen LogP contribution >= 0.6 is 27.5 Å². The van der Waals surface area contributed by atoms with E-state index in [1.54, 1.807) is 12.1 Å². The van der Waals surface area contributed by atoms with Crippen LogP contribution < -0.4 is 5.32 Å². The van der Waals surface area contributed by atoms with E-state index in [2.05, 4.69) is 28.2 Å². The van der Waals surface area contributed by atoms with E-state index in [-0.39, 0.29) is 5.91 Å². The molecule has 21 heavy (non-hydrogen) atoms. The van der Waals surface area contributed by atoms with Gasteiger partial charge in [0.05, 0.1) is 5.02 Å². The summed E-state index contributed by atoms with van der Waals surface area (Å²) in [5.41, 5.74) is 0.702. The molecular formula is C16H22BrClN2O. The van der Waals surface area contributed by atoms with E-state index < -0.39 is 0 Å². The third-order valence-electron chi connectivity index (χ3n) is 3.88. The van der Waals surface area contributed by atoms with Crippen molar-refractivity contribution >= 4 is 33.4 Å². The summed E-state index contributed by atoms with van der Waals surface area (Å²) < 4.78 is 0.772. The minimum absolute atomic E-state index is 0.104. The van der Waals surface area contributed by atoms with Crippen LogP contribution in [0.1, 0.15) is 36.5 Å². The zero-order chi connectivity index (χ0) is 15.2. The van der Waals surface area contributed by atoms with E-state index in [9.17, 15) is 4.79 Å². The van der Waals surface area contributed by atoms with Crippen molar-refractivity contribution in [1.82, 2.24) is 10.2 Å². The Balaban J connectivity index is 2.08. The van der Waals surface area contributed by atoms with Gasteiger partial charge in [0.2, 0.25) is 0 Å². The second-order valence-electron chi connectivity index (χ2n) is 5.57. The number of halogens is 2. The number of carbonyl (C=O) groups excluding carboxylic acids is 1. The van der Waals surface area contributed by atoms with Crippen molar-refractivity contribution in [2.45, 2.75) is 26.2 Å². The van der Waals surface area contributed by atoms with Gasteiger partial charge in [-0.1, -0.05) is 18.5 Å². The first-order valence-corrected chi connectivity index (χ1v) is 8.74. The monoisotopic (exact) mass is 372 g/mol. The number of hydrogen-bond acceptors (Lipinski definition) is 2. The van der Waals surface area contributed by atoms with Gasteiger partial charge in [-0.25, -0.2) is 0 Å². The molecule has 1 saturated heterocycles. The molecule has 0 aliphatic carbocycles. The number of nitrogens with zero attached hydrogens (tertiary/aromatic N) is 1. The highest BCUT2D eigenvalue weighted by Crippen LogP contribution is 2.24. The second kappa shape index (κ2) is 8.16. The molecule has 116 valence electrons. The van der Waals surface area contributed by atoms with Gasteiger partial charge in [-0.2, -0.15) is 0 Å². The largest absolute Gasteiger partial charge is 0.338 e. The molecule has 1 aromatic carbocycles. The van der Waals surface area contributed by atoms with E-state index in [1.165, 1.54) is 0 Å². The minimum Gasteiger partial charge on any atom is -0.338 e. The van der Waals surface area contributed by atoms with Gasteiger partial charge in [0.15, 0.2) is 0 Å². The average molecular weight is 374 g/mol. The molecule has 1 aromatic rings. The number of benzene rings is 1. The summed E-state index contributed by atoms with van der Waals surface area (Å²) in [7, 11) is 0. The molecule has 0 saturated carbocycles. The zero-order valence-corrected chi connectivity index (χ0v) is 14.7. The van der Waals surface area contributed by atoms with Gasteiger partial charge >= 0.3 is 0 Å². The van der Waals surface area contributed by atoms with Gasteiger partial charge in [-0.3, -0.25) is 4.79 Å². The Bertz CT molecular complexity index is 489. The fourth-order valence-corrected chi connectivity index (χ4v) is 3.23. The molecule has 1 amide bonds. The SMILES string of the molecule is CCCN(CC1CCNCC1)C(=O)c1ccc(Cl)c(Br)c1. The Morgan fingerprint density at radius 2 is 2.14 bits per heavy atom. The molecule has 0 spiro atoms. The second-order valence-corrected chi connectivity index (χ2v) is 6.83. The highest BCUT2D eigenvalue weighted by atomic mass is 79.9. The lowest BCUT2D eigenvalue weighted by molar-refractivity contribution is 0.0716. The van der Waals surface area contributed by atoms with E-state index in [1.807, 2.05) is 11.0 Å². The molecular weight excluding hydrogens is 352 g/mol. The highest BCUT2D eigenvalue weighted by molar-refractivity contribution is 9.10. The Morgan fingerprint density at radius 3 is 2.76 bits per heavy atom. The summed E-state index contributed by atoms with van der Waals surface area (Å²) in [4.78, 5) is 14.7. The number of hydrogen-bond donors (Lipinski definition) is 1. The van der Waals surface area contributed by atoms with Gasteiger partial charge in [-0.15, -0.1) is 0 Å². The molecule has 1 aliphatic heterocycles. The summed E-state index contributed by atoms with van der Waals surface area (Å²) in [6, 6.07) is 5.39. The molecule has 0 bridgehead atoms. The third kappa shape index (κ3) is 4.70. The zero-order valence-electron chi connectivity index (χ0n) is 12.4. The smallest absolute Gasteiger partial charge is 0.253 e. The predicted molar refractivity (Wildman–Crippen MR) is 90.9 cm³/mol. The van der Waals surface area contributed by atoms with E-state index in [0.717, 1.165) is 49.9 Å². The third-order valence-corrected chi connectivity index (χ3v) is 5.10. The summed E-state index contributed by atoms with van der Waals surface area (Å²) in [6.07, 6.45) is 3.28. The summed E-state index contributed by atoms with van der Waals surface area (Å²) in [6.45, 7) is 5.90. The summed E-state index contributed by atoms with van der Waals surface area (Å²) in [5.74, 6) is 0.713. The van der Waals surface area contributed by atoms with Crippen molar-refractivity contribution in [3.63, 3.8) is 0 Å². The van der Waals surface area contributed by atoms with Crippen LogP contribution in [0.5, 0.6) is 0 Å². The molecule has 1 fully saturated rings. The van der Waals surface area contributed by atoms with Crippen molar-refractivity contribution in [2.75, 3.05) is 26.2 Å². The van der Waals surface area contributed by atoms with Crippen LogP contribution in [0.2, 0.25) is 5.02 Å². The number of nitrogens with one attached hydrogen (secondary N) is 1. The van der Waals surface area contributed by atoms with Crippen molar-refractivity contribution in [3.8, 4) is 0 Å². The maximum atomic E-state index is 12.7. The number of rotatable bonds is 5. The Labute approximate surface area is 140 Å². The molecule has 1 N–H and O–H groups in total. The molecule has 1 aliphatic rings. The topological polar surface area (TPSA) is 32.3 Å². The Kier molecular flexibility index (Phi) is 6.52. The number of amides is 1. The molecule has 2 rings (SSSR count). The quantitative estimate of drug-likeness (QED) is 0.847. The van der Waals surface area contributed by atoms with Crippen LogP contribution in [0.4, 0.5) is 0 Å². The van der Waals surface area contributed by atoms with Crippen molar-refractivity contribution < 1.29 is 4.79 Å². The van der Waals surface area contributed by atoms with Gasteiger partial charge in [0.1, 0.15) is 0 Å². The van der Waals surface area contributed by atoms with Crippen LogP contribution in [0.25, 0.3) is 0 Å². The van der Waals surface area contributed by atoms with Crippen LogP contribution in [0.15, 0.2) is 22.7 Å². The molecule has 0 aromatic heterocycles. The number of carbonyl (C=O) groups is 1. The van der Waals surface area contributed by atoms with Gasteiger partial charge in [-0.05, 0) is 72.4 Å². The van der Waals surface area contributed by atoms with Gasteiger partial charge in [0, 0.05) is 23.1 Å². The number of piperidine rings is 1. The Morgan fingerprint density at radius 1 is 1.43 bits per heavy atom. The molecule has 5 heteroatoms. The van der Waals surface area contributed by atoms with Crippen molar-refractivity contribution in [3.05, 3.63) is 33.3 Å². The Hall–Kier alpha value is -0.580. The normalized spacial score (nSPS) is 16.0. The van der Waals surface area contributed by atoms with E-state index in [0.29, 0.717) is 16.5 Å². The van der Waals surface area contributed by atoms with E-state index in [4.69, 9.17) is 11.6 Å². The molecule has 0 radical (unpaired) electrons. The van der Waals surface area contributed by atoms with Crippen LogP contribution in [0.3, 0.4) is 0 Å². The van der Waals surface area contributed by atoms with Crippen LogP contribution in [0, 0.1) is 5.92 Å². The summed E-state index contributed by atoms with van der Waals surface area (Å²) >= 11 is 9.39. The standard InChI is InChI=1S/C16H22BrClN2O/c1-2-9-20(11-12-5-7-19-8-6-12)16(21)13-3-4-15(18)14(17)10-13/h3-4,10,12,19H,2,5-9,11H2,1H3. The van der Waals surface area contributed by atoms with E-state index >= 15 is 0 Å². The van der Waals surface area contributed by atoms with Crippen LogP contribution in [-0.2, 0) is 0 Å². The van der Waals surface area contributed by atoms with Gasteiger partial charge < -0.3 is 10.2 Å². The van der Waals surface area contributed by atoms with Crippen LogP contribution in [-0.4, -0.2) is 37.0 Å². The maximum absolute atomic E-state index is 12.7.